The standard InChI is InChI=1S/C28H50.C7H16.2C5H12.C2H6.3H2/c1-19(2)8-7-9-21(4)24-12-13-25-23-11-10-22-18-20(3)14-16-27(22,5)26(23)15-17-28(24,25)6;1-3-5-7-6-4-2;2*1-3-5-4-2;1-2;;;/h19-26H,7-18H2,1-6H3;3-7H2,1-2H3;2*3-5H2,1-2H3;1-2H3;3*1H/t20-,21?,22-,23?,24+,25?,26?,27-,28+;;;;;;;/m0......./s1. The van der Waals surface area contributed by atoms with Gasteiger partial charge in [0.25, 0.3) is 0 Å². The van der Waals surface area contributed by atoms with E-state index < -0.39 is 0 Å². The van der Waals surface area contributed by atoms with Crippen molar-refractivity contribution in [3.05, 3.63) is 0 Å². The molecule has 4 saturated carbocycles. The maximum Gasteiger partial charge on any atom is 0 e. The lowest BCUT2D eigenvalue weighted by Gasteiger charge is -2.61. The van der Waals surface area contributed by atoms with E-state index in [0.717, 1.165) is 47.3 Å². The fourth-order valence-corrected chi connectivity index (χ4v) is 10.9. The van der Waals surface area contributed by atoms with E-state index in [9.17, 15) is 0 Å². The van der Waals surface area contributed by atoms with Gasteiger partial charge in [-0.1, -0.05) is 193 Å². The third kappa shape index (κ3) is 15.4. The molecular weight excluding hydrogens is 565 g/mol. The van der Waals surface area contributed by atoms with Gasteiger partial charge in [0.05, 0.1) is 0 Å². The van der Waals surface area contributed by atoms with Crippen LogP contribution in [0.2, 0.25) is 0 Å². The molecule has 0 bridgehead atoms. The van der Waals surface area contributed by atoms with Gasteiger partial charge >= 0.3 is 0 Å². The van der Waals surface area contributed by atoms with Gasteiger partial charge in [-0.15, -0.1) is 0 Å². The second-order valence-corrected chi connectivity index (χ2v) is 17.8. The Morgan fingerprint density at radius 2 is 1.06 bits per heavy atom. The number of unbranched alkanes of at least 4 members (excludes halogenated alkanes) is 8. The van der Waals surface area contributed by atoms with Crippen LogP contribution in [0, 0.1) is 58.2 Å². The summed E-state index contributed by atoms with van der Waals surface area (Å²) < 4.78 is 0. The highest BCUT2D eigenvalue weighted by atomic mass is 14.6. The molecular formula is C47H102. The predicted octanol–water partition coefficient (Wildman–Crippen LogP) is 17.9. The first-order chi connectivity index (χ1) is 22.5. The van der Waals surface area contributed by atoms with E-state index in [-0.39, 0.29) is 4.28 Å². The number of hydrogen-bond donors (Lipinski definition) is 0. The van der Waals surface area contributed by atoms with Crippen molar-refractivity contribution in [2.75, 3.05) is 0 Å². The maximum absolute atomic E-state index is 2.75. The summed E-state index contributed by atoms with van der Waals surface area (Å²) in [5, 5.41) is 0. The fourth-order valence-electron chi connectivity index (χ4n) is 10.9. The molecule has 0 N–H and O–H groups in total. The molecule has 4 aliphatic carbocycles. The van der Waals surface area contributed by atoms with Gasteiger partial charge in [-0.25, -0.2) is 0 Å². The van der Waals surface area contributed by atoms with E-state index in [4.69, 9.17) is 0 Å². The zero-order valence-corrected chi connectivity index (χ0v) is 35.9. The van der Waals surface area contributed by atoms with Crippen molar-refractivity contribution in [2.45, 2.75) is 245 Å². The van der Waals surface area contributed by atoms with Crippen LogP contribution in [-0.2, 0) is 0 Å². The fraction of sp³-hybridized carbons (Fsp3) is 1.00. The van der Waals surface area contributed by atoms with Crippen LogP contribution >= 0.6 is 0 Å². The molecule has 0 heteroatoms. The highest BCUT2D eigenvalue weighted by Crippen LogP contribution is 2.68. The van der Waals surface area contributed by atoms with Crippen LogP contribution < -0.4 is 0 Å². The van der Waals surface area contributed by atoms with E-state index >= 15 is 0 Å². The Morgan fingerprint density at radius 1 is 0.553 bits per heavy atom. The zero-order chi connectivity index (χ0) is 35.9. The molecule has 4 rings (SSSR count). The largest absolute Gasteiger partial charge is 0.0683 e. The molecule has 290 valence electrons. The number of fused-ring (bicyclic) bond motifs is 5. The van der Waals surface area contributed by atoms with Crippen LogP contribution in [0.1, 0.15) is 249 Å². The van der Waals surface area contributed by atoms with Gasteiger partial charge in [0.1, 0.15) is 0 Å². The van der Waals surface area contributed by atoms with Gasteiger partial charge in [-0.2, -0.15) is 0 Å². The average molecular weight is 667 g/mol. The van der Waals surface area contributed by atoms with E-state index in [2.05, 4.69) is 83.1 Å². The maximum atomic E-state index is 2.75. The Bertz CT molecular complexity index is 695. The van der Waals surface area contributed by atoms with Gasteiger partial charge in [-0.3, -0.25) is 0 Å². The summed E-state index contributed by atoms with van der Waals surface area (Å²) in [5.41, 5.74) is 1.36. The summed E-state index contributed by atoms with van der Waals surface area (Å²) in [6, 6.07) is 0. The van der Waals surface area contributed by atoms with Gasteiger partial charge in [-0.05, 0) is 110 Å². The molecule has 0 radical (unpaired) electrons. The van der Waals surface area contributed by atoms with Crippen molar-refractivity contribution in [2.24, 2.45) is 58.2 Å². The highest BCUT2D eigenvalue weighted by Gasteiger charge is 2.60. The third-order valence-electron chi connectivity index (χ3n) is 13.8. The second-order valence-electron chi connectivity index (χ2n) is 17.8. The molecule has 0 heterocycles. The summed E-state index contributed by atoms with van der Waals surface area (Å²) in [7, 11) is 0. The molecule has 47 heavy (non-hydrogen) atoms. The van der Waals surface area contributed by atoms with Crippen molar-refractivity contribution < 1.29 is 4.28 Å². The molecule has 0 aliphatic heterocycles. The summed E-state index contributed by atoms with van der Waals surface area (Å²) in [5.74, 6) is 8.08. The summed E-state index contributed by atoms with van der Waals surface area (Å²) in [4.78, 5) is 0. The molecule has 4 aliphatic rings. The molecule has 0 aromatic heterocycles. The van der Waals surface area contributed by atoms with Crippen LogP contribution in [0.5, 0.6) is 0 Å². The first-order valence-corrected chi connectivity index (χ1v) is 22.5. The van der Waals surface area contributed by atoms with Gasteiger partial charge in [0, 0.05) is 4.28 Å². The smallest absolute Gasteiger partial charge is 0 e. The van der Waals surface area contributed by atoms with E-state index in [1.165, 1.54) is 103 Å². The minimum Gasteiger partial charge on any atom is -0.0683 e. The molecule has 0 aromatic rings. The lowest BCUT2D eigenvalue weighted by molar-refractivity contribution is -0.120. The lowest BCUT2D eigenvalue weighted by atomic mass is 9.44. The van der Waals surface area contributed by atoms with Crippen LogP contribution in [0.4, 0.5) is 0 Å². The van der Waals surface area contributed by atoms with E-state index in [1.54, 1.807) is 44.9 Å². The molecule has 0 saturated heterocycles. The topological polar surface area (TPSA) is 0 Å². The first-order valence-electron chi connectivity index (χ1n) is 22.5. The second kappa shape index (κ2) is 26.8. The number of hydrogen-bond acceptors (Lipinski definition) is 0. The van der Waals surface area contributed by atoms with Crippen LogP contribution in [0.25, 0.3) is 0 Å². The van der Waals surface area contributed by atoms with E-state index in [0.29, 0.717) is 10.8 Å². The normalized spacial score (nSPS) is 32.7. The molecule has 0 aromatic carbocycles. The summed E-state index contributed by atoms with van der Waals surface area (Å²) in [6.45, 7) is 32.7. The van der Waals surface area contributed by atoms with Crippen LogP contribution in [0.3, 0.4) is 0 Å². The molecule has 4 fully saturated rings. The monoisotopic (exact) mass is 667 g/mol. The van der Waals surface area contributed by atoms with Crippen molar-refractivity contribution in [3.8, 4) is 0 Å². The van der Waals surface area contributed by atoms with Crippen molar-refractivity contribution in [1.82, 2.24) is 0 Å². The Balaban J connectivity index is -0.000000402. The minimum atomic E-state index is 0. The Labute approximate surface area is 306 Å². The SMILES string of the molecule is CC.CC(C)CCCC(C)[C@H]1CCC2C3CC[C@H]4C[C@@H](C)CC[C@]4(C)C3CC[C@@]21C.CCCCC.CCCCC.CCCCCCC.[HH].[HH].[HH]. The Hall–Kier alpha value is 0. The molecule has 0 spiro atoms. The Kier molecular flexibility index (Phi) is 26.8. The highest BCUT2D eigenvalue weighted by molar-refractivity contribution is 5.09. The number of rotatable bonds is 13. The third-order valence-corrected chi connectivity index (χ3v) is 13.8. The average Bonchev–Trinajstić information content (AvgIpc) is 3.41. The van der Waals surface area contributed by atoms with Crippen molar-refractivity contribution >= 4 is 0 Å². The minimum absolute atomic E-state index is 0. The zero-order valence-electron chi connectivity index (χ0n) is 35.9. The molecule has 0 nitrogen and oxygen atoms in total. The van der Waals surface area contributed by atoms with Crippen LogP contribution in [0.15, 0.2) is 0 Å². The molecule has 0 amide bonds. The molecule has 4 unspecified atom stereocenters. The molecule has 9 atom stereocenters. The summed E-state index contributed by atoms with van der Waals surface area (Å²) in [6.07, 6.45) is 33.5. The van der Waals surface area contributed by atoms with Gasteiger partial charge in [0.2, 0.25) is 0 Å². The van der Waals surface area contributed by atoms with E-state index in [1.807, 2.05) is 13.8 Å². The van der Waals surface area contributed by atoms with Crippen molar-refractivity contribution in [3.63, 3.8) is 0 Å². The van der Waals surface area contributed by atoms with Crippen LogP contribution in [-0.4, -0.2) is 0 Å². The van der Waals surface area contributed by atoms with Gasteiger partial charge in [0.15, 0.2) is 0 Å². The quantitative estimate of drug-likeness (QED) is 0.172. The Morgan fingerprint density at radius 3 is 1.55 bits per heavy atom. The van der Waals surface area contributed by atoms with Gasteiger partial charge < -0.3 is 0 Å². The lowest BCUT2D eigenvalue weighted by Crippen LogP contribution is -2.53. The van der Waals surface area contributed by atoms with Crippen molar-refractivity contribution in [1.29, 1.82) is 0 Å². The first kappa shape index (κ1) is 47.0. The summed E-state index contributed by atoms with van der Waals surface area (Å²) >= 11 is 0. The predicted molar refractivity (Wildman–Crippen MR) is 225 cm³/mol.